The number of nitrogens with zero attached hydrogens (tertiary/aromatic N) is 1. The molecule has 0 N–H and O–H groups in total. The minimum Gasteiger partial charge on any atom is -0.300 e. The quantitative estimate of drug-likeness (QED) is 0.674. The van der Waals surface area contributed by atoms with Crippen LogP contribution in [0.15, 0.2) is 0 Å². The lowest BCUT2D eigenvalue weighted by atomic mass is 9.71. The van der Waals surface area contributed by atoms with Gasteiger partial charge in [-0.1, -0.05) is 27.7 Å². The highest BCUT2D eigenvalue weighted by molar-refractivity contribution is 4.92. The second kappa shape index (κ2) is 4.45. The Morgan fingerprint density at radius 1 is 1.00 bits per heavy atom. The molecule has 0 amide bonds. The van der Waals surface area contributed by atoms with E-state index in [0.29, 0.717) is 0 Å². The maximum atomic E-state index is 2.77. The second-order valence-corrected chi connectivity index (χ2v) is 6.34. The van der Waals surface area contributed by atoms with Gasteiger partial charge in [-0.25, -0.2) is 0 Å². The lowest BCUT2D eigenvalue weighted by Crippen LogP contribution is -2.47. The van der Waals surface area contributed by atoms with Gasteiger partial charge in [-0.2, -0.15) is 0 Å². The Kier molecular flexibility index (Phi) is 3.39. The summed E-state index contributed by atoms with van der Waals surface area (Å²) >= 11 is 0. The summed E-state index contributed by atoms with van der Waals surface area (Å²) in [5.41, 5.74) is 0. The molecule has 0 aromatic carbocycles. The van der Waals surface area contributed by atoms with E-state index in [-0.39, 0.29) is 0 Å². The topological polar surface area (TPSA) is 3.24 Å². The standard InChI is InChI=1S/C14H27N/c1-10(2)13-8-12-6-5-7-15(12)9-14(13)11(3)4/h10-14H,5-9H2,1-4H3. The Labute approximate surface area is 95.2 Å². The highest BCUT2D eigenvalue weighted by Crippen LogP contribution is 2.40. The average Bonchev–Trinajstić information content (AvgIpc) is 2.61. The maximum Gasteiger partial charge on any atom is 0.00986 e. The number of hydrogen-bond donors (Lipinski definition) is 0. The molecule has 0 aliphatic carbocycles. The van der Waals surface area contributed by atoms with Crippen molar-refractivity contribution in [2.24, 2.45) is 23.7 Å². The molecule has 2 aliphatic heterocycles. The molecule has 0 radical (unpaired) electrons. The lowest BCUT2D eigenvalue weighted by molar-refractivity contribution is 0.0427. The van der Waals surface area contributed by atoms with Gasteiger partial charge in [0.05, 0.1) is 0 Å². The molecule has 88 valence electrons. The van der Waals surface area contributed by atoms with Crippen LogP contribution in [0.1, 0.15) is 47.0 Å². The van der Waals surface area contributed by atoms with Gasteiger partial charge in [-0.15, -0.1) is 0 Å². The van der Waals surface area contributed by atoms with E-state index < -0.39 is 0 Å². The normalized spacial score (nSPS) is 37.6. The largest absolute Gasteiger partial charge is 0.300 e. The lowest BCUT2D eigenvalue weighted by Gasteiger charge is -2.44. The van der Waals surface area contributed by atoms with Crippen LogP contribution >= 0.6 is 0 Å². The fourth-order valence-electron chi connectivity index (χ4n) is 3.77. The zero-order valence-electron chi connectivity index (χ0n) is 10.9. The van der Waals surface area contributed by atoms with Gasteiger partial charge in [0.25, 0.3) is 0 Å². The van der Waals surface area contributed by atoms with Gasteiger partial charge in [-0.3, -0.25) is 0 Å². The molecule has 2 rings (SSSR count). The Morgan fingerprint density at radius 2 is 1.67 bits per heavy atom. The number of hydrogen-bond acceptors (Lipinski definition) is 1. The first-order valence-electron chi connectivity index (χ1n) is 6.83. The smallest absolute Gasteiger partial charge is 0.00986 e. The van der Waals surface area contributed by atoms with Crippen molar-refractivity contribution in [3.63, 3.8) is 0 Å². The van der Waals surface area contributed by atoms with Crippen LogP contribution in [0.5, 0.6) is 0 Å². The SMILES string of the molecule is CC(C)C1CC2CCCN2CC1C(C)C. The molecule has 0 saturated carbocycles. The second-order valence-electron chi connectivity index (χ2n) is 6.34. The van der Waals surface area contributed by atoms with Crippen LogP contribution in [0.2, 0.25) is 0 Å². The van der Waals surface area contributed by atoms with E-state index in [1.807, 2.05) is 0 Å². The summed E-state index contributed by atoms with van der Waals surface area (Å²) in [4.78, 5) is 2.77. The molecule has 2 aliphatic rings. The summed E-state index contributed by atoms with van der Waals surface area (Å²) in [7, 11) is 0. The summed E-state index contributed by atoms with van der Waals surface area (Å²) in [6.45, 7) is 12.4. The van der Waals surface area contributed by atoms with Crippen LogP contribution in [0.25, 0.3) is 0 Å². The molecule has 2 fully saturated rings. The molecule has 3 unspecified atom stereocenters. The fraction of sp³-hybridized carbons (Fsp3) is 1.00. The molecular weight excluding hydrogens is 182 g/mol. The molecule has 1 heteroatoms. The zero-order chi connectivity index (χ0) is 11.0. The zero-order valence-corrected chi connectivity index (χ0v) is 10.9. The minimum absolute atomic E-state index is 0.860. The van der Waals surface area contributed by atoms with Gasteiger partial charge in [0.15, 0.2) is 0 Å². The van der Waals surface area contributed by atoms with E-state index in [1.54, 1.807) is 0 Å². The molecule has 0 aromatic heterocycles. The van der Waals surface area contributed by atoms with Gasteiger partial charge in [0.2, 0.25) is 0 Å². The summed E-state index contributed by atoms with van der Waals surface area (Å²) in [5.74, 6) is 3.66. The third kappa shape index (κ3) is 2.22. The van der Waals surface area contributed by atoms with E-state index in [0.717, 1.165) is 29.7 Å². The molecule has 1 nitrogen and oxygen atoms in total. The molecule has 0 spiro atoms. The predicted molar refractivity (Wildman–Crippen MR) is 65.9 cm³/mol. The van der Waals surface area contributed by atoms with Crippen LogP contribution in [-0.4, -0.2) is 24.0 Å². The monoisotopic (exact) mass is 209 g/mol. The first-order valence-corrected chi connectivity index (χ1v) is 6.83. The van der Waals surface area contributed by atoms with E-state index in [1.165, 1.54) is 32.4 Å². The summed E-state index contributed by atoms with van der Waals surface area (Å²) < 4.78 is 0. The van der Waals surface area contributed by atoms with Crippen LogP contribution < -0.4 is 0 Å². The molecule has 15 heavy (non-hydrogen) atoms. The Morgan fingerprint density at radius 3 is 2.27 bits per heavy atom. The summed E-state index contributed by atoms with van der Waals surface area (Å²) in [6.07, 6.45) is 4.38. The van der Waals surface area contributed by atoms with Crippen LogP contribution in [0.3, 0.4) is 0 Å². The maximum absolute atomic E-state index is 2.77. The van der Waals surface area contributed by atoms with E-state index in [4.69, 9.17) is 0 Å². The van der Waals surface area contributed by atoms with Crippen molar-refractivity contribution in [1.82, 2.24) is 4.90 Å². The minimum atomic E-state index is 0.860. The molecule has 2 heterocycles. The summed E-state index contributed by atoms with van der Waals surface area (Å²) in [6, 6.07) is 0.937. The van der Waals surface area contributed by atoms with Crippen molar-refractivity contribution in [2.75, 3.05) is 13.1 Å². The van der Waals surface area contributed by atoms with E-state index in [2.05, 4.69) is 32.6 Å². The average molecular weight is 209 g/mol. The highest BCUT2D eigenvalue weighted by atomic mass is 15.2. The van der Waals surface area contributed by atoms with Crippen molar-refractivity contribution < 1.29 is 0 Å². The first kappa shape index (κ1) is 11.4. The van der Waals surface area contributed by atoms with E-state index >= 15 is 0 Å². The number of piperidine rings is 1. The van der Waals surface area contributed by atoms with Crippen molar-refractivity contribution >= 4 is 0 Å². The third-order valence-corrected chi connectivity index (χ3v) is 4.75. The highest BCUT2D eigenvalue weighted by Gasteiger charge is 2.39. The molecular formula is C14H27N. The Hall–Kier alpha value is -0.0400. The summed E-state index contributed by atoms with van der Waals surface area (Å²) in [5, 5.41) is 0. The van der Waals surface area contributed by atoms with Crippen LogP contribution in [-0.2, 0) is 0 Å². The van der Waals surface area contributed by atoms with Crippen LogP contribution in [0.4, 0.5) is 0 Å². The van der Waals surface area contributed by atoms with Gasteiger partial charge in [0, 0.05) is 12.6 Å². The van der Waals surface area contributed by atoms with E-state index in [9.17, 15) is 0 Å². The van der Waals surface area contributed by atoms with Crippen molar-refractivity contribution in [1.29, 1.82) is 0 Å². The molecule has 3 atom stereocenters. The molecule has 0 bridgehead atoms. The number of rotatable bonds is 2. The van der Waals surface area contributed by atoms with Crippen molar-refractivity contribution in [3.8, 4) is 0 Å². The van der Waals surface area contributed by atoms with Gasteiger partial charge in [-0.05, 0) is 49.5 Å². The van der Waals surface area contributed by atoms with Gasteiger partial charge >= 0.3 is 0 Å². The Bertz CT molecular complexity index is 187. The van der Waals surface area contributed by atoms with Gasteiger partial charge in [0.1, 0.15) is 0 Å². The number of fused-ring (bicyclic) bond motifs is 1. The van der Waals surface area contributed by atoms with Gasteiger partial charge < -0.3 is 4.90 Å². The fourth-order valence-corrected chi connectivity index (χ4v) is 3.77. The van der Waals surface area contributed by atoms with Crippen molar-refractivity contribution in [3.05, 3.63) is 0 Å². The van der Waals surface area contributed by atoms with Crippen LogP contribution in [0, 0.1) is 23.7 Å². The third-order valence-electron chi connectivity index (χ3n) is 4.75. The molecule has 0 aromatic rings. The Balaban J connectivity index is 2.07. The molecule has 2 saturated heterocycles. The predicted octanol–water partition coefficient (Wildman–Crippen LogP) is 3.40. The van der Waals surface area contributed by atoms with Crippen molar-refractivity contribution in [2.45, 2.75) is 53.0 Å². The first-order chi connectivity index (χ1) is 7.09.